The average Bonchev–Trinajstić information content (AvgIpc) is 2.70. The van der Waals surface area contributed by atoms with Gasteiger partial charge in [0.25, 0.3) is 0 Å². The third kappa shape index (κ3) is 3.01. The van der Waals surface area contributed by atoms with Crippen LogP contribution in [-0.2, 0) is 0 Å². The Balaban J connectivity index is 1.93. The third-order valence-electron chi connectivity index (χ3n) is 4.80. The predicted molar refractivity (Wildman–Crippen MR) is 68.7 cm³/mol. The van der Waals surface area contributed by atoms with Gasteiger partial charge in [-0.3, -0.25) is 4.90 Å². The van der Waals surface area contributed by atoms with Crippen molar-refractivity contribution in [2.45, 2.75) is 51.7 Å². The SMILES string of the molecule is CC1CC(C)C(CN2CCCC2CO)C(O)C1. The number of aliphatic hydroxyl groups excluding tert-OH is 2. The van der Waals surface area contributed by atoms with Crippen molar-refractivity contribution in [1.29, 1.82) is 0 Å². The molecule has 0 spiro atoms. The number of hydrogen-bond donors (Lipinski definition) is 2. The highest BCUT2D eigenvalue weighted by atomic mass is 16.3. The maximum Gasteiger partial charge on any atom is 0.0586 e. The normalized spacial score (nSPS) is 44.1. The second-order valence-electron chi connectivity index (χ2n) is 6.26. The first-order chi connectivity index (χ1) is 8.11. The maximum atomic E-state index is 10.2. The molecule has 0 aromatic carbocycles. The summed E-state index contributed by atoms with van der Waals surface area (Å²) in [6.45, 7) is 6.85. The molecule has 0 aromatic rings. The molecule has 5 unspecified atom stereocenters. The zero-order chi connectivity index (χ0) is 12.4. The van der Waals surface area contributed by atoms with Crippen molar-refractivity contribution in [1.82, 2.24) is 4.90 Å². The fourth-order valence-corrected chi connectivity index (χ4v) is 3.79. The van der Waals surface area contributed by atoms with Crippen LogP contribution in [0.3, 0.4) is 0 Å². The zero-order valence-corrected chi connectivity index (χ0v) is 11.2. The lowest BCUT2D eigenvalue weighted by Crippen LogP contribution is -2.44. The minimum Gasteiger partial charge on any atom is -0.395 e. The van der Waals surface area contributed by atoms with Gasteiger partial charge in [-0.05, 0) is 44.1 Å². The molecular formula is C14H27NO2. The lowest BCUT2D eigenvalue weighted by atomic mass is 9.73. The molecule has 3 heteroatoms. The van der Waals surface area contributed by atoms with E-state index < -0.39 is 0 Å². The van der Waals surface area contributed by atoms with Crippen molar-refractivity contribution in [2.24, 2.45) is 17.8 Å². The van der Waals surface area contributed by atoms with Gasteiger partial charge in [-0.25, -0.2) is 0 Å². The van der Waals surface area contributed by atoms with Crippen LogP contribution in [0.4, 0.5) is 0 Å². The third-order valence-corrected chi connectivity index (χ3v) is 4.80. The van der Waals surface area contributed by atoms with E-state index in [1.807, 2.05) is 0 Å². The van der Waals surface area contributed by atoms with Gasteiger partial charge in [0.15, 0.2) is 0 Å². The molecule has 5 atom stereocenters. The monoisotopic (exact) mass is 241 g/mol. The van der Waals surface area contributed by atoms with E-state index in [1.165, 1.54) is 12.8 Å². The molecule has 2 rings (SSSR count). The van der Waals surface area contributed by atoms with E-state index in [1.54, 1.807) is 0 Å². The van der Waals surface area contributed by atoms with Crippen molar-refractivity contribution < 1.29 is 10.2 Å². The van der Waals surface area contributed by atoms with Gasteiger partial charge >= 0.3 is 0 Å². The fourth-order valence-electron chi connectivity index (χ4n) is 3.79. The minimum atomic E-state index is -0.145. The molecule has 17 heavy (non-hydrogen) atoms. The van der Waals surface area contributed by atoms with Crippen LogP contribution in [0.25, 0.3) is 0 Å². The van der Waals surface area contributed by atoms with Gasteiger partial charge in [0.05, 0.1) is 12.7 Å². The van der Waals surface area contributed by atoms with Gasteiger partial charge in [-0.2, -0.15) is 0 Å². The van der Waals surface area contributed by atoms with Crippen molar-refractivity contribution in [3.05, 3.63) is 0 Å². The summed E-state index contributed by atoms with van der Waals surface area (Å²) in [5.74, 6) is 1.66. The molecule has 0 bridgehead atoms. The standard InChI is InChI=1S/C14H27NO2/c1-10-6-11(2)13(14(17)7-10)8-15-5-3-4-12(15)9-16/h10-14,16-17H,3-9H2,1-2H3. The molecule has 2 N–H and O–H groups in total. The second-order valence-corrected chi connectivity index (χ2v) is 6.26. The summed E-state index contributed by atoms with van der Waals surface area (Å²) in [6.07, 6.45) is 4.35. The summed E-state index contributed by atoms with van der Waals surface area (Å²) in [5.41, 5.74) is 0. The summed E-state index contributed by atoms with van der Waals surface area (Å²) in [7, 11) is 0. The van der Waals surface area contributed by atoms with Crippen LogP contribution < -0.4 is 0 Å². The first-order valence-corrected chi connectivity index (χ1v) is 7.14. The summed E-state index contributed by atoms with van der Waals surface area (Å²) in [6, 6.07) is 0.341. The van der Waals surface area contributed by atoms with Crippen LogP contribution in [0.15, 0.2) is 0 Å². The number of rotatable bonds is 3. The van der Waals surface area contributed by atoms with E-state index in [2.05, 4.69) is 18.7 Å². The summed E-state index contributed by atoms with van der Waals surface area (Å²) < 4.78 is 0. The molecule has 3 nitrogen and oxygen atoms in total. The summed E-state index contributed by atoms with van der Waals surface area (Å²) in [5, 5.41) is 19.6. The quantitative estimate of drug-likeness (QED) is 0.787. The Morgan fingerprint density at radius 3 is 2.65 bits per heavy atom. The largest absolute Gasteiger partial charge is 0.395 e. The van der Waals surface area contributed by atoms with Gasteiger partial charge in [-0.1, -0.05) is 13.8 Å². The molecule has 1 aliphatic heterocycles. The Bertz CT molecular complexity index is 234. The number of aliphatic hydroxyl groups is 2. The van der Waals surface area contributed by atoms with E-state index in [-0.39, 0.29) is 12.7 Å². The van der Waals surface area contributed by atoms with Gasteiger partial charge in [0.1, 0.15) is 0 Å². The number of hydrogen-bond acceptors (Lipinski definition) is 3. The van der Waals surface area contributed by atoms with Crippen molar-refractivity contribution in [3.63, 3.8) is 0 Å². The zero-order valence-electron chi connectivity index (χ0n) is 11.2. The molecule has 1 heterocycles. The van der Waals surface area contributed by atoms with Crippen LogP contribution in [0.1, 0.15) is 39.5 Å². The van der Waals surface area contributed by atoms with Crippen molar-refractivity contribution in [2.75, 3.05) is 19.7 Å². The van der Waals surface area contributed by atoms with Crippen LogP contribution >= 0.6 is 0 Å². The van der Waals surface area contributed by atoms with Crippen LogP contribution in [-0.4, -0.2) is 47.0 Å². The van der Waals surface area contributed by atoms with Gasteiger partial charge in [-0.15, -0.1) is 0 Å². The molecule has 2 fully saturated rings. The van der Waals surface area contributed by atoms with Gasteiger partial charge < -0.3 is 10.2 Å². The van der Waals surface area contributed by atoms with Crippen molar-refractivity contribution in [3.8, 4) is 0 Å². The van der Waals surface area contributed by atoms with E-state index in [9.17, 15) is 10.2 Å². The first-order valence-electron chi connectivity index (χ1n) is 7.14. The lowest BCUT2D eigenvalue weighted by molar-refractivity contribution is -0.00739. The molecule has 0 radical (unpaired) electrons. The highest BCUT2D eigenvalue weighted by Crippen LogP contribution is 2.35. The van der Waals surface area contributed by atoms with E-state index in [0.717, 1.165) is 25.9 Å². The Hall–Kier alpha value is -0.120. The number of nitrogens with zero attached hydrogens (tertiary/aromatic N) is 1. The first kappa shape index (κ1) is 13.3. The van der Waals surface area contributed by atoms with Gasteiger partial charge in [0, 0.05) is 18.5 Å². The van der Waals surface area contributed by atoms with E-state index in [4.69, 9.17) is 0 Å². The molecule has 1 aliphatic carbocycles. The van der Waals surface area contributed by atoms with Crippen LogP contribution in [0.2, 0.25) is 0 Å². The average molecular weight is 241 g/mol. The van der Waals surface area contributed by atoms with E-state index >= 15 is 0 Å². The Labute approximate surface area is 105 Å². The molecule has 2 aliphatic rings. The predicted octanol–water partition coefficient (Wildman–Crippen LogP) is 1.49. The highest BCUT2D eigenvalue weighted by molar-refractivity contribution is 4.88. The van der Waals surface area contributed by atoms with Crippen molar-refractivity contribution >= 4 is 0 Å². The molecule has 1 saturated carbocycles. The minimum absolute atomic E-state index is 0.145. The molecule has 1 saturated heterocycles. The molecule has 0 amide bonds. The topological polar surface area (TPSA) is 43.7 Å². The van der Waals surface area contributed by atoms with E-state index in [0.29, 0.717) is 23.8 Å². The van der Waals surface area contributed by atoms with Crippen LogP contribution in [0.5, 0.6) is 0 Å². The Morgan fingerprint density at radius 1 is 1.24 bits per heavy atom. The van der Waals surface area contributed by atoms with Gasteiger partial charge in [0.2, 0.25) is 0 Å². The Kier molecular flexibility index (Phi) is 4.45. The Morgan fingerprint density at radius 2 is 2.00 bits per heavy atom. The lowest BCUT2D eigenvalue weighted by Gasteiger charge is -2.40. The smallest absolute Gasteiger partial charge is 0.0586 e. The molecule has 0 aromatic heterocycles. The highest BCUT2D eigenvalue weighted by Gasteiger charge is 2.36. The molecule has 100 valence electrons. The second kappa shape index (κ2) is 5.68. The molecular weight excluding hydrogens is 214 g/mol. The fraction of sp³-hybridized carbons (Fsp3) is 1.00. The maximum absolute atomic E-state index is 10.2. The number of likely N-dealkylation sites (tertiary alicyclic amines) is 1. The van der Waals surface area contributed by atoms with Crippen LogP contribution in [0, 0.1) is 17.8 Å². The summed E-state index contributed by atoms with van der Waals surface area (Å²) in [4.78, 5) is 2.39. The summed E-state index contributed by atoms with van der Waals surface area (Å²) >= 11 is 0.